The molecular weight excluding hydrogens is 425 g/mol. The molecule has 3 N–H and O–H groups in total. The van der Waals surface area contributed by atoms with Crippen LogP contribution in [-0.4, -0.2) is 36.3 Å². The fraction of sp³-hybridized carbons (Fsp3) is 0.136. The summed E-state index contributed by atoms with van der Waals surface area (Å²) in [5.41, 5.74) is 7.49. The zero-order valence-electron chi connectivity index (χ0n) is 16.5. The lowest BCUT2D eigenvalue weighted by Crippen LogP contribution is -2.27. The van der Waals surface area contributed by atoms with Gasteiger partial charge in [0.15, 0.2) is 5.54 Å². The van der Waals surface area contributed by atoms with E-state index in [0.29, 0.717) is 21.9 Å². The van der Waals surface area contributed by atoms with E-state index in [9.17, 15) is 4.39 Å². The van der Waals surface area contributed by atoms with Crippen molar-refractivity contribution >= 4 is 24.1 Å². The predicted molar refractivity (Wildman–Crippen MR) is 115 cm³/mol. The molecule has 0 amide bonds. The van der Waals surface area contributed by atoms with Gasteiger partial charge in [-0.25, -0.2) is 9.38 Å². The van der Waals surface area contributed by atoms with Gasteiger partial charge in [0, 0.05) is 23.5 Å². The average molecular weight is 444 g/mol. The summed E-state index contributed by atoms with van der Waals surface area (Å²) in [6.07, 6.45) is 3.25. The molecule has 2 aromatic carbocycles. The van der Waals surface area contributed by atoms with Gasteiger partial charge in [-0.05, 0) is 41.5 Å². The molecule has 1 unspecified atom stereocenters. The van der Waals surface area contributed by atoms with Gasteiger partial charge in [0.2, 0.25) is 0 Å². The first kappa shape index (κ1) is 22.0. The smallest absolute Gasteiger partial charge is 0.290 e. The summed E-state index contributed by atoms with van der Waals surface area (Å²) < 4.78 is 25.3. The molecule has 1 atom stereocenters. The van der Waals surface area contributed by atoms with E-state index in [1.165, 1.54) is 6.07 Å². The fourth-order valence-electron chi connectivity index (χ4n) is 3.34. The van der Waals surface area contributed by atoms with Gasteiger partial charge in [-0.2, -0.15) is 0 Å². The molecule has 0 spiro atoms. The van der Waals surface area contributed by atoms with Crippen LogP contribution in [0.2, 0.25) is 5.02 Å². The Morgan fingerprint density at radius 3 is 2.55 bits per heavy atom. The maximum absolute atomic E-state index is 14.6. The van der Waals surface area contributed by atoms with E-state index in [1.54, 1.807) is 55.9 Å². The van der Waals surface area contributed by atoms with Crippen LogP contribution >= 0.6 is 11.6 Å². The molecule has 1 aromatic heterocycles. The quantitative estimate of drug-likeness (QED) is 0.593. The van der Waals surface area contributed by atoms with E-state index in [4.69, 9.17) is 36.7 Å². The SMILES string of the molecule is COc1ccc(C2(c3ccc(F)c(-c4cccnc4)c3)COC(N)=N2)cc1Cl.O=CO. The highest BCUT2D eigenvalue weighted by atomic mass is 35.5. The Morgan fingerprint density at radius 1 is 1.26 bits per heavy atom. The molecule has 2 heterocycles. The number of hydrogen-bond acceptors (Lipinski definition) is 6. The van der Waals surface area contributed by atoms with Crippen LogP contribution in [0.5, 0.6) is 5.75 Å². The number of hydrogen-bond donors (Lipinski definition) is 2. The molecule has 0 bridgehead atoms. The first-order chi connectivity index (χ1) is 14.9. The van der Waals surface area contributed by atoms with Gasteiger partial charge in [0.05, 0.1) is 12.1 Å². The van der Waals surface area contributed by atoms with Crippen molar-refractivity contribution in [3.63, 3.8) is 0 Å². The topological polar surface area (TPSA) is 107 Å². The fourth-order valence-corrected chi connectivity index (χ4v) is 3.60. The lowest BCUT2D eigenvalue weighted by atomic mass is 9.83. The summed E-state index contributed by atoms with van der Waals surface area (Å²) in [7, 11) is 1.55. The van der Waals surface area contributed by atoms with Crippen LogP contribution in [-0.2, 0) is 15.1 Å². The summed E-state index contributed by atoms with van der Waals surface area (Å²) in [5.74, 6) is 0.196. The molecule has 1 aliphatic heterocycles. The van der Waals surface area contributed by atoms with E-state index >= 15 is 0 Å². The second-order valence-electron chi connectivity index (χ2n) is 6.49. The number of methoxy groups -OCH3 is 1. The minimum absolute atomic E-state index is 0.0687. The Bertz CT molecular complexity index is 1110. The first-order valence-electron chi connectivity index (χ1n) is 9.05. The van der Waals surface area contributed by atoms with Gasteiger partial charge < -0.3 is 20.3 Å². The van der Waals surface area contributed by atoms with Crippen molar-refractivity contribution in [2.45, 2.75) is 5.54 Å². The van der Waals surface area contributed by atoms with Crippen LogP contribution in [0.25, 0.3) is 11.1 Å². The van der Waals surface area contributed by atoms with Crippen LogP contribution in [0, 0.1) is 5.82 Å². The molecule has 0 aliphatic carbocycles. The van der Waals surface area contributed by atoms with Crippen LogP contribution in [0.15, 0.2) is 65.9 Å². The van der Waals surface area contributed by atoms with Gasteiger partial charge in [0.1, 0.15) is 18.2 Å². The first-order valence-corrected chi connectivity index (χ1v) is 9.43. The summed E-state index contributed by atoms with van der Waals surface area (Å²) in [6, 6.07) is 13.8. The Labute approximate surface area is 182 Å². The maximum atomic E-state index is 14.6. The van der Waals surface area contributed by atoms with Crippen LogP contribution in [0.1, 0.15) is 11.1 Å². The Kier molecular flexibility index (Phi) is 6.71. The van der Waals surface area contributed by atoms with Crippen LogP contribution in [0.3, 0.4) is 0 Å². The lowest BCUT2D eigenvalue weighted by molar-refractivity contribution is -0.122. The van der Waals surface area contributed by atoms with Crippen molar-refractivity contribution in [3.8, 4) is 16.9 Å². The number of amidine groups is 1. The Morgan fingerprint density at radius 2 is 1.97 bits per heavy atom. The number of benzene rings is 2. The number of pyridine rings is 1. The number of aromatic nitrogens is 1. The minimum atomic E-state index is -0.940. The van der Waals surface area contributed by atoms with Gasteiger partial charge in [-0.15, -0.1) is 0 Å². The maximum Gasteiger partial charge on any atom is 0.290 e. The van der Waals surface area contributed by atoms with Crippen molar-refractivity contribution in [2.75, 3.05) is 13.7 Å². The van der Waals surface area contributed by atoms with Gasteiger partial charge in [-0.1, -0.05) is 29.8 Å². The molecule has 1 aliphatic rings. The zero-order chi connectivity index (χ0) is 22.4. The number of carbonyl (C=O) groups is 1. The monoisotopic (exact) mass is 443 g/mol. The number of nitrogens with zero attached hydrogens (tertiary/aromatic N) is 2. The molecule has 31 heavy (non-hydrogen) atoms. The highest BCUT2D eigenvalue weighted by Crippen LogP contribution is 2.41. The van der Waals surface area contributed by atoms with Crippen LogP contribution in [0.4, 0.5) is 4.39 Å². The second kappa shape index (κ2) is 9.44. The van der Waals surface area contributed by atoms with E-state index in [0.717, 1.165) is 11.1 Å². The van der Waals surface area contributed by atoms with E-state index in [2.05, 4.69) is 9.98 Å². The number of aliphatic imine (C=N–C) groups is 1. The Hall–Kier alpha value is -3.65. The van der Waals surface area contributed by atoms with Crippen LogP contribution < -0.4 is 10.5 Å². The van der Waals surface area contributed by atoms with Crippen molar-refractivity contribution in [2.24, 2.45) is 10.7 Å². The summed E-state index contributed by atoms with van der Waals surface area (Å²) in [5, 5.41) is 7.33. The molecule has 7 nitrogen and oxygen atoms in total. The van der Waals surface area contributed by atoms with Crippen molar-refractivity contribution in [1.82, 2.24) is 4.98 Å². The molecular formula is C22H19ClFN3O4. The third kappa shape index (κ3) is 4.44. The van der Waals surface area contributed by atoms with Gasteiger partial charge in [0.25, 0.3) is 12.5 Å². The minimum Gasteiger partial charge on any atom is -0.495 e. The molecule has 3 aromatic rings. The lowest BCUT2D eigenvalue weighted by Gasteiger charge is -2.26. The van der Waals surface area contributed by atoms with E-state index in [1.807, 2.05) is 6.07 Å². The molecule has 9 heteroatoms. The average Bonchev–Trinajstić information content (AvgIpc) is 3.18. The largest absolute Gasteiger partial charge is 0.495 e. The molecule has 0 fully saturated rings. The van der Waals surface area contributed by atoms with Crippen molar-refractivity contribution in [3.05, 3.63) is 82.9 Å². The highest BCUT2D eigenvalue weighted by Gasteiger charge is 2.40. The van der Waals surface area contributed by atoms with Gasteiger partial charge in [-0.3, -0.25) is 9.78 Å². The summed E-state index contributed by atoms with van der Waals surface area (Å²) in [6.45, 7) is -0.0698. The van der Waals surface area contributed by atoms with Gasteiger partial charge >= 0.3 is 0 Å². The number of nitrogens with two attached hydrogens (primary N) is 1. The number of rotatable bonds is 4. The normalized spacial score (nSPS) is 17.1. The number of halogens is 2. The number of carboxylic acid groups (broad SMARTS) is 1. The third-order valence-electron chi connectivity index (χ3n) is 4.78. The molecule has 160 valence electrons. The van der Waals surface area contributed by atoms with Crippen molar-refractivity contribution in [1.29, 1.82) is 0 Å². The summed E-state index contributed by atoms with van der Waals surface area (Å²) in [4.78, 5) is 17.0. The molecule has 0 saturated heterocycles. The standard InChI is InChI=1S/C21H17ClFN3O2.CH2O2/c1-27-19-7-5-15(10-17(19)22)21(12-28-20(24)26-21)14-4-6-18(23)16(9-14)13-3-2-8-25-11-13;2-1-3/h2-11H,12H2,1H3,(H2,24,26);1H,(H,2,3). The van der Waals surface area contributed by atoms with Crippen molar-refractivity contribution < 1.29 is 23.8 Å². The zero-order valence-corrected chi connectivity index (χ0v) is 17.2. The predicted octanol–water partition coefficient (Wildman–Crippen LogP) is 3.84. The van der Waals surface area contributed by atoms with E-state index < -0.39 is 5.54 Å². The third-order valence-corrected chi connectivity index (χ3v) is 5.07. The highest BCUT2D eigenvalue weighted by molar-refractivity contribution is 6.32. The second-order valence-corrected chi connectivity index (χ2v) is 6.90. The molecule has 0 saturated carbocycles. The Balaban J connectivity index is 0.000000858. The summed E-state index contributed by atoms with van der Waals surface area (Å²) >= 11 is 6.33. The van der Waals surface area contributed by atoms with E-state index in [-0.39, 0.29) is 24.9 Å². The molecule has 4 rings (SSSR count). The molecule has 0 radical (unpaired) electrons. The number of ether oxygens (including phenoxy) is 2.